The van der Waals surface area contributed by atoms with Crippen LogP contribution in [0, 0.1) is 6.92 Å². The Bertz CT molecular complexity index is 583. The van der Waals surface area contributed by atoms with Crippen molar-refractivity contribution >= 4 is 21.6 Å². The largest absolute Gasteiger partial charge is 0.310 e. The van der Waals surface area contributed by atoms with Crippen molar-refractivity contribution in [2.75, 3.05) is 30.4 Å². The van der Waals surface area contributed by atoms with E-state index in [9.17, 15) is 13.2 Å². The topological polar surface area (TPSA) is 79.4 Å². The number of nitrogens with zero attached hydrogens (tertiary/aromatic N) is 2. The van der Waals surface area contributed by atoms with Crippen molar-refractivity contribution in [1.82, 2.24) is 9.88 Å². The highest BCUT2D eigenvalue weighted by atomic mass is 32.2. The number of carbonyl (C=O) groups is 1. The molecule has 0 saturated carbocycles. The second-order valence-corrected chi connectivity index (χ2v) is 7.47. The second-order valence-electron chi connectivity index (χ2n) is 5.24. The molecule has 1 fully saturated rings. The molecule has 0 bridgehead atoms. The molecule has 0 radical (unpaired) electrons. The number of aryl methyl sites for hydroxylation is 1. The summed E-state index contributed by atoms with van der Waals surface area (Å²) in [5.41, 5.74) is 1.02. The number of amides is 1. The van der Waals surface area contributed by atoms with Gasteiger partial charge in [-0.3, -0.25) is 9.69 Å². The molecule has 1 atom stereocenters. The van der Waals surface area contributed by atoms with Crippen LogP contribution in [0.4, 0.5) is 5.82 Å². The van der Waals surface area contributed by atoms with Gasteiger partial charge in [0.25, 0.3) is 0 Å². The predicted molar refractivity (Wildman–Crippen MR) is 77.3 cm³/mol. The van der Waals surface area contributed by atoms with Crippen LogP contribution in [0.5, 0.6) is 0 Å². The van der Waals surface area contributed by atoms with Gasteiger partial charge in [-0.2, -0.15) is 0 Å². The zero-order chi connectivity index (χ0) is 14.8. The third kappa shape index (κ3) is 4.01. The molecule has 1 aliphatic heterocycles. The number of hydrogen-bond acceptors (Lipinski definition) is 5. The fraction of sp³-hybridized carbons (Fsp3) is 0.538. The summed E-state index contributed by atoms with van der Waals surface area (Å²) in [5.74, 6) is 0.670. The highest BCUT2D eigenvalue weighted by Gasteiger charge is 2.31. The molecule has 0 aliphatic carbocycles. The molecule has 1 unspecified atom stereocenters. The van der Waals surface area contributed by atoms with Crippen LogP contribution < -0.4 is 5.32 Å². The van der Waals surface area contributed by atoms with Crippen molar-refractivity contribution in [3.8, 4) is 0 Å². The van der Waals surface area contributed by atoms with E-state index in [1.54, 1.807) is 24.2 Å². The lowest BCUT2D eigenvalue weighted by molar-refractivity contribution is -0.117. The standard InChI is InChI=1S/C13H19N3O3S/c1-10-3-4-12(14-7-10)15-13(17)8-16(2)11-5-6-20(18,19)9-11/h3-4,7,11H,5-6,8-9H2,1-2H3,(H,14,15,17). The molecule has 110 valence electrons. The Balaban J connectivity index is 1.87. The number of nitrogens with one attached hydrogen (secondary N) is 1. The van der Waals surface area contributed by atoms with Crippen LogP contribution in [-0.4, -0.2) is 55.3 Å². The van der Waals surface area contributed by atoms with Crippen molar-refractivity contribution < 1.29 is 13.2 Å². The Hall–Kier alpha value is -1.47. The van der Waals surface area contributed by atoms with Crippen molar-refractivity contribution in [3.63, 3.8) is 0 Å². The Morgan fingerprint density at radius 3 is 2.80 bits per heavy atom. The molecule has 1 saturated heterocycles. The number of carbonyl (C=O) groups excluding carboxylic acids is 1. The Morgan fingerprint density at radius 1 is 1.50 bits per heavy atom. The quantitative estimate of drug-likeness (QED) is 0.873. The molecule has 7 heteroatoms. The average molecular weight is 297 g/mol. The van der Waals surface area contributed by atoms with Gasteiger partial charge in [0.15, 0.2) is 9.84 Å². The van der Waals surface area contributed by atoms with Gasteiger partial charge in [-0.1, -0.05) is 6.07 Å². The van der Waals surface area contributed by atoms with Gasteiger partial charge in [-0.25, -0.2) is 13.4 Å². The van der Waals surface area contributed by atoms with Gasteiger partial charge in [-0.05, 0) is 32.0 Å². The van der Waals surface area contributed by atoms with Gasteiger partial charge in [0.05, 0.1) is 18.1 Å². The maximum Gasteiger partial charge on any atom is 0.239 e. The van der Waals surface area contributed by atoms with Crippen LogP contribution in [0.3, 0.4) is 0 Å². The van der Waals surface area contributed by atoms with E-state index in [-0.39, 0.29) is 30.0 Å². The summed E-state index contributed by atoms with van der Waals surface area (Å²) in [6.07, 6.45) is 2.28. The summed E-state index contributed by atoms with van der Waals surface area (Å²) in [6, 6.07) is 3.54. The maximum absolute atomic E-state index is 11.9. The van der Waals surface area contributed by atoms with Crippen LogP contribution in [0.1, 0.15) is 12.0 Å². The van der Waals surface area contributed by atoms with E-state index in [1.807, 2.05) is 13.0 Å². The van der Waals surface area contributed by atoms with Gasteiger partial charge in [0.2, 0.25) is 5.91 Å². The molecule has 1 aromatic heterocycles. The molecular formula is C13H19N3O3S. The summed E-state index contributed by atoms with van der Waals surface area (Å²) in [4.78, 5) is 17.8. The van der Waals surface area contributed by atoms with E-state index in [0.717, 1.165) is 5.56 Å². The van der Waals surface area contributed by atoms with Crippen molar-refractivity contribution in [2.24, 2.45) is 0 Å². The third-order valence-electron chi connectivity index (χ3n) is 3.40. The average Bonchev–Trinajstić information content (AvgIpc) is 2.73. The molecule has 2 heterocycles. The molecule has 1 aromatic rings. The minimum absolute atomic E-state index is 0.0725. The van der Waals surface area contributed by atoms with E-state index in [1.165, 1.54) is 0 Å². The molecule has 0 spiro atoms. The van der Waals surface area contributed by atoms with Crippen LogP contribution in [0.25, 0.3) is 0 Å². The minimum atomic E-state index is -2.93. The molecule has 6 nitrogen and oxygen atoms in total. The van der Waals surface area contributed by atoms with Gasteiger partial charge in [0.1, 0.15) is 5.82 Å². The molecule has 1 N–H and O–H groups in total. The van der Waals surface area contributed by atoms with Crippen LogP contribution in [0.15, 0.2) is 18.3 Å². The monoisotopic (exact) mass is 297 g/mol. The Labute approximate surface area is 119 Å². The van der Waals surface area contributed by atoms with Crippen molar-refractivity contribution in [1.29, 1.82) is 0 Å². The van der Waals surface area contributed by atoms with Crippen LogP contribution in [0.2, 0.25) is 0 Å². The zero-order valence-electron chi connectivity index (χ0n) is 11.7. The first kappa shape index (κ1) is 14.9. The summed E-state index contributed by atoms with van der Waals surface area (Å²) >= 11 is 0. The molecular weight excluding hydrogens is 278 g/mol. The van der Waals surface area contributed by atoms with E-state index in [0.29, 0.717) is 12.2 Å². The first-order valence-corrected chi connectivity index (χ1v) is 8.31. The lowest BCUT2D eigenvalue weighted by atomic mass is 10.2. The summed E-state index contributed by atoms with van der Waals surface area (Å²) in [5, 5.41) is 2.70. The first-order valence-electron chi connectivity index (χ1n) is 6.49. The number of sulfone groups is 1. The van der Waals surface area contributed by atoms with Crippen molar-refractivity contribution in [2.45, 2.75) is 19.4 Å². The molecule has 1 aliphatic rings. The molecule has 2 rings (SSSR count). The predicted octanol–water partition coefficient (Wildman–Crippen LogP) is 0.447. The van der Waals surface area contributed by atoms with Crippen molar-refractivity contribution in [3.05, 3.63) is 23.9 Å². The third-order valence-corrected chi connectivity index (χ3v) is 5.15. The normalized spacial score (nSPS) is 21.1. The van der Waals surface area contributed by atoms with Crippen LogP contribution in [-0.2, 0) is 14.6 Å². The van der Waals surface area contributed by atoms with Gasteiger partial charge < -0.3 is 5.32 Å². The SMILES string of the molecule is Cc1ccc(NC(=O)CN(C)C2CCS(=O)(=O)C2)nc1. The smallest absolute Gasteiger partial charge is 0.239 e. The van der Waals surface area contributed by atoms with E-state index < -0.39 is 9.84 Å². The fourth-order valence-electron chi connectivity index (χ4n) is 2.20. The Kier molecular flexibility index (Phi) is 4.39. The van der Waals surface area contributed by atoms with E-state index >= 15 is 0 Å². The van der Waals surface area contributed by atoms with Gasteiger partial charge in [0, 0.05) is 12.2 Å². The maximum atomic E-state index is 11.9. The number of pyridine rings is 1. The van der Waals surface area contributed by atoms with Crippen LogP contribution >= 0.6 is 0 Å². The lowest BCUT2D eigenvalue weighted by Gasteiger charge is -2.22. The number of anilines is 1. The number of rotatable bonds is 4. The summed E-state index contributed by atoms with van der Waals surface area (Å²) < 4.78 is 22.8. The first-order chi connectivity index (χ1) is 9.35. The van der Waals surface area contributed by atoms with Gasteiger partial charge >= 0.3 is 0 Å². The Morgan fingerprint density at radius 2 is 2.25 bits per heavy atom. The molecule has 1 amide bonds. The molecule has 0 aromatic carbocycles. The summed E-state index contributed by atoms with van der Waals surface area (Å²) in [6.45, 7) is 2.09. The second kappa shape index (κ2) is 5.88. The molecule has 20 heavy (non-hydrogen) atoms. The lowest BCUT2D eigenvalue weighted by Crippen LogP contribution is -2.38. The number of aromatic nitrogens is 1. The summed E-state index contributed by atoms with van der Waals surface area (Å²) in [7, 11) is -1.15. The number of hydrogen-bond donors (Lipinski definition) is 1. The van der Waals surface area contributed by atoms with E-state index in [4.69, 9.17) is 0 Å². The fourth-order valence-corrected chi connectivity index (χ4v) is 4.01. The van der Waals surface area contributed by atoms with E-state index in [2.05, 4.69) is 10.3 Å². The number of likely N-dealkylation sites (N-methyl/N-ethyl adjacent to an activating group) is 1. The zero-order valence-corrected chi connectivity index (χ0v) is 12.5. The van der Waals surface area contributed by atoms with Gasteiger partial charge in [-0.15, -0.1) is 0 Å². The highest BCUT2D eigenvalue weighted by Crippen LogP contribution is 2.16. The highest BCUT2D eigenvalue weighted by molar-refractivity contribution is 7.91. The minimum Gasteiger partial charge on any atom is -0.310 e.